The van der Waals surface area contributed by atoms with Gasteiger partial charge in [-0.25, -0.2) is 4.79 Å². The normalized spacial score (nSPS) is 10.8. The molecule has 156 valence electrons. The van der Waals surface area contributed by atoms with Crippen molar-refractivity contribution in [2.75, 3.05) is 5.32 Å². The van der Waals surface area contributed by atoms with Gasteiger partial charge in [-0.3, -0.25) is 9.78 Å². The third kappa shape index (κ3) is 4.64. The van der Waals surface area contributed by atoms with Gasteiger partial charge in [0.1, 0.15) is 0 Å². The molecule has 31 heavy (non-hydrogen) atoms. The topological polar surface area (TPSA) is 78.1 Å². The molecule has 0 unspecified atom stereocenters. The molecule has 4 aromatic rings. The Morgan fingerprint density at radius 2 is 1.77 bits per heavy atom. The number of amides is 2. The predicted octanol–water partition coefficient (Wildman–Crippen LogP) is 4.77. The zero-order chi connectivity index (χ0) is 21.8. The average molecular weight is 412 g/mol. The standard InChI is InChI=1S/C25H24N4O2/c1-17-10-11-18(2)23-22(17)13-20(24(30)28-23)16-29(15-19-7-6-12-26-14-19)25(31)27-21-8-4-3-5-9-21/h3-14H,15-16H2,1-2H3,(H,27,31)(H,28,30). The van der Waals surface area contributed by atoms with Crippen molar-refractivity contribution in [1.29, 1.82) is 0 Å². The van der Waals surface area contributed by atoms with Gasteiger partial charge < -0.3 is 15.2 Å². The Morgan fingerprint density at radius 1 is 1.00 bits per heavy atom. The van der Waals surface area contributed by atoms with E-state index in [-0.39, 0.29) is 18.1 Å². The van der Waals surface area contributed by atoms with Gasteiger partial charge >= 0.3 is 6.03 Å². The van der Waals surface area contributed by atoms with Crippen molar-refractivity contribution in [3.8, 4) is 0 Å². The summed E-state index contributed by atoms with van der Waals surface area (Å²) in [6.07, 6.45) is 3.41. The number of aromatic amines is 1. The van der Waals surface area contributed by atoms with E-state index in [1.54, 1.807) is 17.3 Å². The SMILES string of the molecule is Cc1ccc(C)c2[nH]c(=O)c(CN(Cc3cccnc3)C(=O)Nc3ccccc3)cc12. The Labute approximate surface area is 180 Å². The summed E-state index contributed by atoms with van der Waals surface area (Å²) in [5, 5.41) is 3.90. The van der Waals surface area contributed by atoms with Gasteiger partial charge in [-0.1, -0.05) is 36.4 Å². The number of pyridine rings is 2. The van der Waals surface area contributed by atoms with E-state index in [1.807, 2.05) is 74.5 Å². The fourth-order valence-electron chi connectivity index (χ4n) is 3.58. The van der Waals surface area contributed by atoms with Crippen molar-refractivity contribution in [1.82, 2.24) is 14.9 Å². The van der Waals surface area contributed by atoms with Crippen molar-refractivity contribution >= 4 is 22.6 Å². The Bertz CT molecular complexity index is 1270. The molecule has 2 heterocycles. The highest BCUT2D eigenvalue weighted by Gasteiger charge is 2.18. The number of aromatic nitrogens is 2. The fraction of sp³-hybridized carbons (Fsp3) is 0.160. The van der Waals surface area contributed by atoms with Crippen LogP contribution < -0.4 is 10.9 Å². The lowest BCUT2D eigenvalue weighted by Crippen LogP contribution is -2.35. The monoisotopic (exact) mass is 412 g/mol. The first kappa shape index (κ1) is 20.3. The Balaban J connectivity index is 1.68. The van der Waals surface area contributed by atoms with Crippen LogP contribution in [0.3, 0.4) is 0 Å². The number of para-hydroxylation sites is 1. The molecule has 0 radical (unpaired) electrons. The zero-order valence-corrected chi connectivity index (χ0v) is 17.6. The van der Waals surface area contributed by atoms with Crippen LogP contribution in [-0.4, -0.2) is 20.9 Å². The second-order valence-corrected chi connectivity index (χ2v) is 7.63. The summed E-state index contributed by atoms with van der Waals surface area (Å²) in [7, 11) is 0. The molecule has 2 aromatic carbocycles. The van der Waals surface area contributed by atoms with Gasteiger partial charge in [-0.15, -0.1) is 0 Å². The van der Waals surface area contributed by atoms with E-state index in [9.17, 15) is 9.59 Å². The molecule has 4 rings (SSSR count). The Morgan fingerprint density at radius 3 is 2.52 bits per heavy atom. The molecular formula is C25H24N4O2. The first-order valence-corrected chi connectivity index (χ1v) is 10.1. The number of carbonyl (C=O) groups is 1. The number of urea groups is 1. The third-order valence-electron chi connectivity index (χ3n) is 5.29. The largest absolute Gasteiger partial charge is 0.322 e. The zero-order valence-electron chi connectivity index (χ0n) is 17.6. The van der Waals surface area contributed by atoms with Gasteiger partial charge in [-0.2, -0.15) is 0 Å². The van der Waals surface area contributed by atoms with E-state index in [4.69, 9.17) is 0 Å². The summed E-state index contributed by atoms with van der Waals surface area (Å²) in [5.74, 6) is 0. The minimum absolute atomic E-state index is 0.173. The number of rotatable bonds is 5. The molecule has 0 bridgehead atoms. The first-order valence-electron chi connectivity index (χ1n) is 10.1. The number of hydrogen-bond donors (Lipinski definition) is 2. The summed E-state index contributed by atoms with van der Waals surface area (Å²) < 4.78 is 0. The predicted molar refractivity (Wildman–Crippen MR) is 123 cm³/mol. The van der Waals surface area contributed by atoms with Crippen LogP contribution in [0.4, 0.5) is 10.5 Å². The summed E-state index contributed by atoms with van der Waals surface area (Å²) in [5.41, 5.74) is 4.85. The molecule has 2 aromatic heterocycles. The van der Waals surface area contributed by atoms with Gasteiger partial charge in [0.25, 0.3) is 5.56 Å². The van der Waals surface area contributed by atoms with E-state index in [2.05, 4.69) is 15.3 Å². The summed E-state index contributed by atoms with van der Waals surface area (Å²) in [6, 6.07) is 18.7. The number of nitrogens with one attached hydrogen (secondary N) is 2. The van der Waals surface area contributed by atoms with E-state index in [0.29, 0.717) is 17.8 Å². The highest BCUT2D eigenvalue weighted by molar-refractivity contribution is 5.89. The minimum Gasteiger partial charge on any atom is -0.321 e. The molecule has 0 saturated carbocycles. The molecule has 2 N–H and O–H groups in total. The maximum Gasteiger partial charge on any atom is 0.322 e. The molecule has 0 spiro atoms. The molecule has 2 amide bonds. The van der Waals surface area contributed by atoms with E-state index < -0.39 is 0 Å². The second kappa shape index (κ2) is 8.83. The second-order valence-electron chi connectivity index (χ2n) is 7.63. The first-order chi connectivity index (χ1) is 15.0. The third-order valence-corrected chi connectivity index (χ3v) is 5.29. The molecule has 0 atom stereocenters. The fourth-order valence-corrected chi connectivity index (χ4v) is 3.58. The molecule has 6 nitrogen and oxygen atoms in total. The number of benzene rings is 2. The lowest BCUT2D eigenvalue weighted by Gasteiger charge is -2.23. The number of hydrogen-bond acceptors (Lipinski definition) is 3. The van der Waals surface area contributed by atoms with E-state index >= 15 is 0 Å². The van der Waals surface area contributed by atoms with Crippen LogP contribution in [0.1, 0.15) is 22.3 Å². The number of nitrogens with zero attached hydrogens (tertiary/aromatic N) is 2. The molecular weight excluding hydrogens is 388 g/mol. The smallest absolute Gasteiger partial charge is 0.321 e. The Hall–Kier alpha value is -3.93. The van der Waals surface area contributed by atoms with Crippen LogP contribution >= 0.6 is 0 Å². The van der Waals surface area contributed by atoms with Crippen LogP contribution in [0.5, 0.6) is 0 Å². The summed E-state index contributed by atoms with van der Waals surface area (Å²) in [4.78, 5) is 34.7. The van der Waals surface area contributed by atoms with Crippen LogP contribution in [0.25, 0.3) is 10.9 Å². The highest BCUT2D eigenvalue weighted by Crippen LogP contribution is 2.21. The maximum absolute atomic E-state index is 13.1. The van der Waals surface area contributed by atoms with Gasteiger partial charge in [0.15, 0.2) is 0 Å². The maximum atomic E-state index is 13.1. The minimum atomic E-state index is -0.282. The summed E-state index contributed by atoms with van der Waals surface area (Å²) >= 11 is 0. The Kier molecular flexibility index (Phi) is 5.80. The van der Waals surface area contributed by atoms with Crippen molar-refractivity contribution < 1.29 is 4.79 Å². The van der Waals surface area contributed by atoms with E-state index in [1.165, 1.54) is 0 Å². The molecule has 6 heteroatoms. The molecule has 0 fully saturated rings. The average Bonchev–Trinajstić information content (AvgIpc) is 2.78. The van der Waals surface area contributed by atoms with Crippen LogP contribution in [0, 0.1) is 13.8 Å². The van der Waals surface area contributed by atoms with Crippen LogP contribution in [0.15, 0.2) is 77.9 Å². The van der Waals surface area contributed by atoms with Gasteiger partial charge in [-0.05, 0) is 54.8 Å². The lowest BCUT2D eigenvalue weighted by molar-refractivity contribution is 0.206. The van der Waals surface area contributed by atoms with Crippen molar-refractivity contribution in [2.24, 2.45) is 0 Å². The van der Waals surface area contributed by atoms with Gasteiger partial charge in [0, 0.05) is 35.6 Å². The number of fused-ring (bicyclic) bond motifs is 1. The molecule has 0 saturated heterocycles. The molecule has 0 aliphatic rings. The molecule has 0 aliphatic carbocycles. The van der Waals surface area contributed by atoms with Crippen LogP contribution in [0.2, 0.25) is 0 Å². The van der Waals surface area contributed by atoms with Gasteiger partial charge in [0.05, 0.1) is 12.1 Å². The quantitative estimate of drug-likeness (QED) is 0.495. The number of carbonyl (C=O) groups excluding carboxylic acids is 1. The van der Waals surface area contributed by atoms with Gasteiger partial charge in [0.2, 0.25) is 0 Å². The number of aryl methyl sites for hydroxylation is 2. The van der Waals surface area contributed by atoms with Crippen molar-refractivity contribution in [3.63, 3.8) is 0 Å². The summed E-state index contributed by atoms with van der Waals surface area (Å²) in [6.45, 7) is 4.49. The van der Waals surface area contributed by atoms with E-state index in [0.717, 1.165) is 27.6 Å². The molecule has 0 aliphatic heterocycles. The van der Waals surface area contributed by atoms with Crippen molar-refractivity contribution in [3.05, 3.63) is 106 Å². The number of anilines is 1. The van der Waals surface area contributed by atoms with Crippen LogP contribution in [-0.2, 0) is 13.1 Å². The number of H-pyrrole nitrogens is 1. The lowest BCUT2D eigenvalue weighted by atomic mass is 10.0. The van der Waals surface area contributed by atoms with Crippen molar-refractivity contribution in [2.45, 2.75) is 26.9 Å². The highest BCUT2D eigenvalue weighted by atomic mass is 16.2.